The second kappa shape index (κ2) is 8.05. The molecule has 2 rings (SSSR count). The molecule has 0 aromatic carbocycles. The maximum Gasteiger partial charge on any atom is 0.351 e. The Morgan fingerprint density at radius 3 is 2.62 bits per heavy atom. The Balaban J connectivity index is 2.28. The molecule has 1 aliphatic rings. The van der Waals surface area contributed by atoms with Crippen molar-refractivity contribution in [1.29, 1.82) is 0 Å². The van der Waals surface area contributed by atoms with E-state index in [9.17, 15) is 19.8 Å². The van der Waals surface area contributed by atoms with Crippen LogP contribution in [0.15, 0.2) is 11.0 Å². The van der Waals surface area contributed by atoms with Crippen LogP contribution in [0.5, 0.6) is 0 Å². The number of aliphatic hydroxyl groups excluding tert-OH is 2. The van der Waals surface area contributed by atoms with Crippen molar-refractivity contribution in [3.05, 3.63) is 22.2 Å². The summed E-state index contributed by atoms with van der Waals surface area (Å²) in [4.78, 5) is 27.5. The molecule has 0 aliphatic carbocycles. The highest BCUT2D eigenvalue weighted by Gasteiger charge is 2.44. The number of aromatic nitrogens is 2. The van der Waals surface area contributed by atoms with E-state index < -0.39 is 37.1 Å². The first-order valence-electron chi connectivity index (χ1n) is 8.62. The lowest BCUT2D eigenvalue weighted by molar-refractivity contribution is -0.114. The molecule has 0 radical (unpaired) electrons. The standard InChI is InChI=1S/C17H28N3O5P/c1-6-11-9-20(17(24)19-15(11)18-10(2)21)16-14(23)13(22)12(25-16)7-8-26(3,4)5/h9,12-14,16,22-23H,3,6-8H2,1-2,4-5H3,(H,18,19,21,24)/t12-,13-,14-,16?/m1/s1. The van der Waals surface area contributed by atoms with Crippen molar-refractivity contribution in [1.82, 2.24) is 9.55 Å². The van der Waals surface area contributed by atoms with Crippen LogP contribution in [0.2, 0.25) is 0 Å². The smallest absolute Gasteiger partial charge is 0.351 e. The van der Waals surface area contributed by atoms with Gasteiger partial charge in [0.25, 0.3) is 0 Å². The van der Waals surface area contributed by atoms with Gasteiger partial charge in [-0.25, -0.2) is 4.79 Å². The van der Waals surface area contributed by atoms with E-state index >= 15 is 0 Å². The molecule has 1 amide bonds. The van der Waals surface area contributed by atoms with Gasteiger partial charge in [0.05, 0.1) is 6.10 Å². The lowest BCUT2D eigenvalue weighted by Crippen LogP contribution is -2.36. The van der Waals surface area contributed by atoms with Crippen molar-refractivity contribution in [2.24, 2.45) is 0 Å². The first-order valence-corrected chi connectivity index (χ1v) is 11.7. The Morgan fingerprint density at radius 1 is 1.42 bits per heavy atom. The van der Waals surface area contributed by atoms with Crippen LogP contribution in [-0.2, 0) is 16.0 Å². The van der Waals surface area contributed by atoms with Crippen LogP contribution in [0.3, 0.4) is 0 Å². The Bertz CT molecular complexity index is 772. The number of aliphatic hydroxyl groups is 2. The number of nitrogens with one attached hydrogen (secondary N) is 1. The molecule has 0 saturated carbocycles. The fourth-order valence-corrected chi connectivity index (χ4v) is 3.85. The van der Waals surface area contributed by atoms with Crippen LogP contribution in [0.25, 0.3) is 0 Å². The van der Waals surface area contributed by atoms with Gasteiger partial charge in [-0.1, -0.05) is 6.92 Å². The van der Waals surface area contributed by atoms with E-state index in [0.29, 0.717) is 18.4 Å². The van der Waals surface area contributed by atoms with Crippen molar-refractivity contribution < 1.29 is 19.7 Å². The van der Waals surface area contributed by atoms with Crippen molar-refractivity contribution in [2.45, 2.75) is 51.2 Å². The van der Waals surface area contributed by atoms with Crippen molar-refractivity contribution >= 4 is 24.9 Å². The molecule has 26 heavy (non-hydrogen) atoms. The number of nitrogens with zero attached hydrogens (tertiary/aromatic N) is 2. The average Bonchev–Trinajstić information content (AvgIpc) is 2.80. The van der Waals surface area contributed by atoms with Gasteiger partial charge in [0.1, 0.15) is 18.0 Å². The summed E-state index contributed by atoms with van der Waals surface area (Å²) in [5.41, 5.74) is -0.0220. The Labute approximate surface area is 153 Å². The van der Waals surface area contributed by atoms with Gasteiger partial charge in [0.2, 0.25) is 5.91 Å². The van der Waals surface area contributed by atoms with Crippen LogP contribution in [0.1, 0.15) is 32.1 Å². The minimum absolute atomic E-state index is 0.203. The third-order valence-electron chi connectivity index (χ3n) is 4.33. The molecule has 0 bridgehead atoms. The van der Waals surface area contributed by atoms with E-state index in [4.69, 9.17) is 4.74 Å². The average molecular weight is 385 g/mol. The number of hydrogen-bond acceptors (Lipinski definition) is 6. The van der Waals surface area contributed by atoms with Gasteiger partial charge in [-0.05, 0) is 32.3 Å². The fourth-order valence-electron chi connectivity index (χ4n) is 2.90. The summed E-state index contributed by atoms with van der Waals surface area (Å²) in [5, 5.41) is 23.2. The van der Waals surface area contributed by atoms with Crippen molar-refractivity contribution in [3.63, 3.8) is 0 Å². The zero-order valence-electron chi connectivity index (χ0n) is 15.7. The molecule has 1 unspecified atom stereocenters. The molecule has 1 aromatic rings. The van der Waals surface area contributed by atoms with E-state index in [0.717, 1.165) is 6.16 Å². The number of carbonyl (C=O) groups is 1. The minimum Gasteiger partial charge on any atom is -0.388 e. The van der Waals surface area contributed by atoms with Crippen LogP contribution >= 0.6 is 6.89 Å². The van der Waals surface area contributed by atoms with E-state index in [-0.39, 0.29) is 11.7 Å². The number of aryl methyl sites for hydroxylation is 1. The number of rotatable bonds is 6. The summed E-state index contributed by atoms with van der Waals surface area (Å²) in [6.45, 7) is 6.08. The molecule has 1 aliphatic heterocycles. The molecule has 9 heteroatoms. The SMILES string of the molecule is C=P(C)(C)CC[C@H]1OC(n2cc(CC)c(NC(C)=O)nc2=O)[C@H](O)[C@@H]1O. The van der Waals surface area contributed by atoms with Crippen LogP contribution in [-0.4, -0.2) is 69.8 Å². The monoisotopic (exact) mass is 385 g/mol. The molecule has 146 valence electrons. The normalized spacial score (nSPS) is 26.1. The zero-order valence-corrected chi connectivity index (χ0v) is 16.6. The molecular weight excluding hydrogens is 357 g/mol. The van der Waals surface area contributed by atoms with Gasteiger partial charge in [-0.15, -0.1) is 13.2 Å². The fraction of sp³-hybridized carbons (Fsp3) is 0.647. The Kier molecular flexibility index (Phi) is 6.45. The second-order valence-electron chi connectivity index (χ2n) is 7.33. The van der Waals surface area contributed by atoms with E-state index in [1.165, 1.54) is 17.7 Å². The Hall–Kier alpha value is -1.47. The van der Waals surface area contributed by atoms with Crippen LogP contribution in [0, 0.1) is 0 Å². The highest BCUT2D eigenvalue weighted by molar-refractivity contribution is 7.72. The quantitative estimate of drug-likeness (QED) is 0.614. The maximum absolute atomic E-state index is 12.4. The van der Waals surface area contributed by atoms with E-state index in [2.05, 4.69) is 29.9 Å². The summed E-state index contributed by atoms with van der Waals surface area (Å²) in [6.07, 6.45) is 3.64. The maximum atomic E-state index is 12.4. The first-order chi connectivity index (χ1) is 12.0. The van der Waals surface area contributed by atoms with Crippen LogP contribution < -0.4 is 11.0 Å². The van der Waals surface area contributed by atoms with Gasteiger partial charge in [-0.2, -0.15) is 4.98 Å². The Morgan fingerprint density at radius 2 is 2.08 bits per heavy atom. The molecule has 0 spiro atoms. The number of amides is 1. The highest BCUT2D eigenvalue weighted by Crippen LogP contribution is 2.39. The molecule has 1 fully saturated rings. The number of ether oxygens (including phenoxy) is 1. The summed E-state index contributed by atoms with van der Waals surface area (Å²) >= 11 is 0. The van der Waals surface area contributed by atoms with Gasteiger partial charge in [0, 0.05) is 18.7 Å². The highest BCUT2D eigenvalue weighted by atomic mass is 31.2. The molecule has 1 aromatic heterocycles. The van der Waals surface area contributed by atoms with Gasteiger partial charge >= 0.3 is 5.69 Å². The molecule has 1 saturated heterocycles. The summed E-state index contributed by atoms with van der Waals surface area (Å²) in [6, 6.07) is 0. The molecular formula is C17H28N3O5P. The van der Waals surface area contributed by atoms with Crippen molar-refractivity contribution in [3.8, 4) is 0 Å². The number of anilines is 1. The molecule has 3 N–H and O–H groups in total. The van der Waals surface area contributed by atoms with Gasteiger partial charge < -0.3 is 20.3 Å². The summed E-state index contributed by atoms with van der Waals surface area (Å²) < 4.78 is 6.98. The third-order valence-corrected chi connectivity index (χ3v) is 5.80. The molecule has 8 nitrogen and oxygen atoms in total. The largest absolute Gasteiger partial charge is 0.388 e. The second-order valence-corrected chi connectivity index (χ2v) is 11.7. The van der Waals surface area contributed by atoms with E-state index in [1.54, 1.807) is 0 Å². The van der Waals surface area contributed by atoms with E-state index in [1.807, 2.05) is 6.92 Å². The minimum atomic E-state index is -1.29. The third kappa shape index (κ3) is 4.82. The van der Waals surface area contributed by atoms with Crippen LogP contribution in [0.4, 0.5) is 5.82 Å². The summed E-state index contributed by atoms with van der Waals surface area (Å²) in [7, 11) is 0. The van der Waals surface area contributed by atoms with Crippen molar-refractivity contribution in [2.75, 3.05) is 24.8 Å². The number of carbonyl (C=O) groups excluding carboxylic acids is 1. The first kappa shape index (κ1) is 20.8. The van der Waals surface area contributed by atoms with Gasteiger partial charge in [-0.3, -0.25) is 9.36 Å². The molecule has 2 heterocycles. The van der Waals surface area contributed by atoms with Gasteiger partial charge in [0.15, 0.2) is 6.23 Å². The lowest BCUT2D eigenvalue weighted by atomic mass is 10.1. The predicted octanol–water partition coefficient (Wildman–Crippen LogP) is 0.483. The molecule has 4 atom stereocenters. The zero-order chi connectivity index (χ0) is 19.6. The number of hydrogen-bond donors (Lipinski definition) is 3. The summed E-state index contributed by atoms with van der Waals surface area (Å²) in [5.74, 6) is -0.120. The topological polar surface area (TPSA) is 114 Å². The lowest BCUT2D eigenvalue weighted by Gasteiger charge is -2.19. The predicted molar refractivity (Wildman–Crippen MR) is 103 cm³/mol.